The van der Waals surface area contributed by atoms with Crippen molar-refractivity contribution in [3.63, 3.8) is 0 Å². The third-order valence-electron chi connectivity index (χ3n) is 12.1. The minimum absolute atomic E-state index is 0.00312. The maximum Gasteiger partial charge on any atom is 0.194 e. The monoisotopic (exact) mass is 789 g/mol. The number of fused-ring (bicyclic) bond motifs is 5. The number of H-pyrrole nitrogens is 1. The molecule has 58 heavy (non-hydrogen) atoms. The van der Waals surface area contributed by atoms with Crippen LogP contribution in [-0.2, 0) is 23.7 Å². The lowest BCUT2D eigenvalue weighted by Gasteiger charge is -2.50. The SMILES string of the molecule is CC/C=C1\C2=C(C=N)C(=O)C[C@@]1(O)C#C/C=C\C#C[C@@H]2OC1OC(C)C(C)(C(=O)c2nccc3c2[nH]c2ccc(O)cc23)C(O)C1OC1CC(C)C(CC(C)C)CO1. The zero-order chi connectivity index (χ0) is 41.5. The van der Waals surface area contributed by atoms with Crippen LogP contribution in [0.2, 0.25) is 0 Å². The van der Waals surface area contributed by atoms with Crippen molar-refractivity contribution < 1.29 is 43.9 Å². The lowest BCUT2D eigenvalue weighted by Crippen LogP contribution is -2.65. The normalized spacial score (nSPS) is 33.7. The Hall–Kier alpha value is -4.92. The molecule has 8 unspecified atom stereocenters. The number of hydrogen-bond acceptors (Lipinski definition) is 11. The highest BCUT2D eigenvalue weighted by atomic mass is 16.7. The van der Waals surface area contributed by atoms with E-state index >= 15 is 0 Å². The van der Waals surface area contributed by atoms with E-state index in [4.69, 9.17) is 24.4 Å². The fourth-order valence-electron chi connectivity index (χ4n) is 8.74. The maximum atomic E-state index is 14.9. The van der Waals surface area contributed by atoms with E-state index in [-0.39, 0.29) is 34.9 Å². The molecule has 0 spiro atoms. The van der Waals surface area contributed by atoms with Gasteiger partial charge < -0.3 is 44.7 Å². The lowest BCUT2D eigenvalue weighted by atomic mass is 9.70. The fourth-order valence-corrected chi connectivity index (χ4v) is 8.74. The summed E-state index contributed by atoms with van der Waals surface area (Å²) in [4.78, 5) is 36.3. The first-order valence-electron chi connectivity index (χ1n) is 20.0. The Morgan fingerprint density at radius 2 is 1.95 bits per heavy atom. The first kappa shape index (κ1) is 41.2. The van der Waals surface area contributed by atoms with Crippen molar-refractivity contribution in [3.05, 3.63) is 71.1 Å². The van der Waals surface area contributed by atoms with Gasteiger partial charge in [-0.3, -0.25) is 14.6 Å². The highest BCUT2D eigenvalue weighted by Crippen LogP contribution is 2.45. The first-order valence-corrected chi connectivity index (χ1v) is 20.0. The average Bonchev–Trinajstić information content (AvgIpc) is 3.55. The van der Waals surface area contributed by atoms with E-state index < -0.39 is 59.6 Å². The van der Waals surface area contributed by atoms with E-state index in [1.165, 1.54) is 18.3 Å². The summed E-state index contributed by atoms with van der Waals surface area (Å²) in [7, 11) is 0. The summed E-state index contributed by atoms with van der Waals surface area (Å²) in [5, 5.41) is 44.4. The van der Waals surface area contributed by atoms with Gasteiger partial charge in [0, 0.05) is 46.3 Å². The van der Waals surface area contributed by atoms with Crippen LogP contribution < -0.4 is 0 Å². The van der Waals surface area contributed by atoms with Gasteiger partial charge in [-0.25, -0.2) is 0 Å². The Morgan fingerprint density at radius 3 is 2.67 bits per heavy atom. The average molecular weight is 790 g/mol. The third kappa shape index (κ3) is 7.46. The van der Waals surface area contributed by atoms with Gasteiger partial charge in [0.05, 0.1) is 30.1 Å². The second-order valence-corrected chi connectivity index (χ2v) is 16.5. The Kier molecular flexibility index (Phi) is 11.6. The van der Waals surface area contributed by atoms with E-state index in [2.05, 4.69) is 54.4 Å². The molecule has 2 bridgehead atoms. The molecule has 2 fully saturated rings. The lowest BCUT2D eigenvalue weighted by molar-refractivity contribution is -0.339. The molecule has 0 radical (unpaired) electrons. The number of aliphatic hydroxyl groups excluding tert-OH is 1. The minimum Gasteiger partial charge on any atom is -0.508 e. The number of hydrogen-bond donors (Lipinski definition) is 5. The number of aromatic nitrogens is 2. The van der Waals surface area contributed by atoms with Crippen LogP contribution in [0.1, 0.15) is 77.7 Å². The predicted molar refractivity (Wildman–Crippen MR) is 218 cm³/mol. The molecule has 10 atom stereocenters. The number of aromatic hydroxyl groups is 1. The number of phenolic OH excluding ortho intramolecular Hbond substituents is 1. The molecule has 1 aromatic carbocycles. The summed E-state index contributed by atoms with van der Waals surface area (Å²) in [5.41, 5.74) is -1.86. The summed E-state index contributed by atoms with van der Waals surface area (Å²) in [6.07, 6.45) is 1.42. The van der Waals surface area contributed by atoms with Gasteiger partial charge in [-0.05, 0) is 86.4 Å². The van der Waals surface area contributed by atoms with Gasteiger partial charge in [0.2, 0.25) is 0 Å². The van der Waals surface area contributed by atoms with Crippen molar-refractivity contribution in [3.8, 4) is 29.4 Å². The quantitative estimate of drug-likeness (QED) is 0.0915. The number of nitrogens with zero attached hydrogens (tertiary/aromatic N) is 1. The number of rotatable bonds is 10. The molecule has 5 N–H and O–H groups in total. The van der Waals surface area contributed by atoms with Crippen LogP contribution in [-0.4, -0.2) is 92.3 Å². The van der Waals surface area contributed by atoms with Gasteiger partial charge in [-0.2, -0.15) is 0 Å². The first-order chi connectivity index (χ1) is 27.7. The Balaban J connectivity index is 1.30. The molecule has 2 aliphatic heterocycles. The van der Waals surface area contributed by atoms with Crippen molar-refractivity contribution in [2.45, 2.75) is 110 Å². The van der Waals surface area contributed by atoms with Crippen molar-refractivity contribution in [1.29, 1.82) is 5.41 Å². The predicted octanol–water partition coefficient (Wildman–Crippen LogP) is 6.09. The summed E-state index contributed by atoms with van der Waals surface area (Å²) in [6.45, 7) is 12.1. The Labute approximate surface area is 338 Å². The molecule has 3 aromatic rings. The van der Waals surface area contributed by atoms with Crippen LogP contribution >= 0.6 is 0 Å². The third-order valence-corrected chi connectivity index (χ3v) is 12.1. The molecule has 0 amide bonds. The number of phenols is 1. The van der Waals surface area contributed by atoms with Gasteiger partial charge in [0.1, 0.15) is 29.8 Å². The number of carbonyl (C=O) groups is 2. The van der Waals surface area contributed by atoms with E-state index in [0.717, 1.165) is 12.6 Å². The summed E-state index contributed by atoms with van der Waals surface area (Å²) < 4.78 is 26.3. The number of pyridine rings is 1. The molecule has 2 aromatic heterocycles. The second-order valence-electron chi connectivity index (χ2n) is 16.5. The smallest absolute Gasteiger partial charge is 0.194 e. The molecule has 12 nitrogen and oxygen atoms in total. The number of nitrogens with one attached hydrogen (secondary N) is 2. The van der Waals surface area contributed by atoms with Crippen LogP contribution in [0.5, 0.6) is 5.75 Å². The van der Waals surface area contributed by atoms with Gasteiger partial charge in [-0.15, -0.1) is 0 Å². The van der Waals surface area contributed by atoms with Crippen molar-refractivity contribution >= 4 is 39.6 Å². The van der Waals surface area contributed by atoms with E-state index in [9.17, 15) is 24.9 Å². The largest absolute Gasteiger partial charge is 0.508 e. The molecule has 4 aliphatic rings. The number of aromatic amines is 1. The molecule has 12 heteroatoms. The molecule has 4 heterocycles. The van der Waals surface area contributed by atoms with Crippen LogP contribution in [0.3, 0.4) is 0 Å². The number of Topliss-reactive ketones (excluding diaryl/α,β-unsaturated/α-hetero) is 2. The van der Waals surface area contributed by atoms with Crippen LogP contribution in [0, 0.1) is 52.3 Å². The summed E-state index contributed by atoms with van der Waals surface area (Å²) >= 11 is 0. The topological polar surface area (TPSA) is 184 Å². The zero-order valence-electron chi connectivity index (χ0n) is 33.7. The van der Waals surface area contributed by atoms with E-state index in [1.807, 2.05) is 6.92 Å². The van der Waals surface area contributed by atoms with Crippen molar-refractivity contribution in [2.75, 3.05) is 6.61 Å². The second kappa shape index (κ2) is 16.4. The molecule has 304 valence electrons. The number of ketones is 2. The summed E-state index contributed by atoms with van der Waals surface area (Å²) in [6, 6.07) is 6.63. The van der Waals surface area contributed by atoms with E-state index in [0.29, 0.717) is 58.7 Å². The molecule has 0 saturated carbocycles. The summed E-state index contributed by atoms with van der Waals surface area (Å²) in [5.74, 6) is 11.6. The van der Waals surface area contributed by atoms with Crippen molar-refractivity contribution in [1.82, 2.24) is 9.97 Å². The van der Waals surface area contributed by atoms with Crippen LogP contribution in [0.15, 0.2) is 65.4 Å². The number of ether oxygens (including phenoxy) is 4. The fraction of sp³-hybridized carbons (Fsp3) is 0.478. The zero-order valence-corrected chi connectivity index (χ0v) is 33.7. The van der Waals surface area contributed by atoms with Crippen molar-refractivity contribution in [2.24, 2.45) is 23.2 Å². The molecular weight excluding hydrogens is 739 g/mol. The van der Waals surface area contributed by atoms with Gasteiger partial charge in [0.15, 0.2) is 29.7 Å². The molecular formula is C46H51N3O9. The molecule has 2 saturated heterocycles. The minimum atomic E-state index is -1.88. The Morgan fingerprint density at radius 1 is 1.17 bits per heavy atom. The van der Waals surface area contributed by atoms with Crippen LogP contribution in [0.4, 0.5) is 0 Å². The Bertz CT molecular complexity index is 2350. The molecule has 7 rings (SSSR count). The molecule has 2 aliphatic carbocycles. The number of allylic oxidation sites excluding steroid dienone is 4. The van der Waals surface area contributed by atoms with Crippen LogP contribution in [0.25, 0.3) is 21.8 Å². The van der Waals surface area contributed by atoms with Gasteiger partial charge >= 0.3 is 0 Å². The standard InChI is InChI=1S/C46H51N3O9/c1-7-12-33-38-32(23-47)35(51)22-46(33,54)17-11-9-8-10-13-36(38)57-44-41(58-37-20-26(4)28(24-55-37)19-25(2)3)43(53)45(6,27(5)56-44)42(52)40-39-30(16-18-48-40)31-21-29(50)14-15-34(31)49-39/h8-9,12,14-16,18,21,23,25-28,36-37,41,43-44,47,49-50,53-54H,7,19-20,22,24H2,1-6H3/b9-8-,33-12+,47-23?/t26?,27?,28?,36-,37?,41?,43?,44?,45?,46-/m0/s1. The highest BCUT2D eigenvalue weighted by Gasteiger charge is 2.59. The number of carbonyl (C=O) groups excluding carboxylic acids is 2. The van der Waals surface area contributed by atoms with Gasteiger partial charge in [0.25, 0.3) is 0 Å². The van der Waals surface area contributed by atoms with Gasteiger partial charge in [-0.1, -0.05) is 57.5 Å². The maximum absolute atomic E-state index is 14.9. The number of benzene rings is 1. The van der Waals surface area contributed by atoms with E-state index in [1.54, 1.807) is 44.2 Å². The highest BCUT2D eigenvalue weighted by molar-refractivity contribution is 6.17. The number of aliphatic hydroxyl groups is 2.